The summed E-state index contributed by atoms with van der Waals surface area (Å²) in [6, 6.07) is 7.92. The molecule has 0 aliphatic heterocycles. The molecule has 11 heavy (non-hydrogen) atoms. The summed E-state index contributed by atoms with van der Waals surface area (Å²) in [7, 11) is 0. The molecule has 0 unspecified atom stereocenters. The van der Waals surface area contributed by atoms with Crippen molar-refractivity contribution in [3.05, 3.63) is 24.3 Å². The molecule has 0 atom stereocenters. The molecule has 2 nitrogen and oxygen atoms in total. The van der Waals surface area contributed by atoms with Crippen LogP contribution >= 0.6 is 11.8 Å². The summed E-state index contributed by atoms with van der Waals surface area (Å²) in [6.45, 7) is 0. The second-order valence-electron chi connectivity index (χ2n) is 1.98. The van der Waals surface area contributed by atoms with Gasteiger partial charge in [0.25, 0.3) is 0 Å². The number of benzene rings is 1. The van der Waals surface area contributed by atoms with Gasteiger partial charge < -0.3 is 5.73 Å². The van der Waals surface area contributed by atoms with Crippen LogP contribution in [-0.2, 0) is 0 Å². The fraction of sp³-hybridized carbons (Fsp3) is 0.125. The van der Waals surface area contributed by atoms with Gasteiger partial charge in [-0.15, -0.1) is 11.8 Å². The molecule has 0 bridgehead atoms. The Morgan fingerprint density at radius 2 is 2.00 bits per heavy atom. The Hall–Kier alpha value is -0.960. The van der Waals surface area contributed by atoms with E-state index in [1.54, 1.807) is 11.8 Å². The molecule has 58 valence electrons. The SMILES string of the molecule is CSc1ccc(N=CN)cc1. The molecular formula is C8H10N2S. The van der Waals surface area contributed by atoms with Crippen molar-refractivity contribution in [1.82, 2.24) is 0 Å². The summed E-state index contributed by atoms with van der Waals surface area (Å²) in [6.07, 6.45) is 3.34. The number of nitrogens with zero attached hydrogens (tertiary/aromatic N) is 1. The Morgan fingerprint density at radius 1 is 1.36 bits per heavy atom. The van der Waals surface area contributed by atoms with Gasteiger partial charge in [0.05, 0.1) is 12.0 Å². The number of nitrogens with two attached hydrogens (primary N) is 1. The minimum atomic E-state index is 0.894. The Bertz CT molecular complexity index is 241. The number of hydrogen-bond acceptors (Lipinski definition) is 2. The minimum Gasteiger partial charge on any atom is -0.390 e. The van der Waals surface area contributed by atoms with E-state index < -0.39 is 0 Å². The van der Waals surface area contributed by atoms with E-state index in [-0.39, 0.29) is 0 Å². The van der Waals surface area contributed by atoms with E-state index in [2.05, 4.69) is 4.99 Å². The van der Waals surface area contributed by atoms with Gasteiger partial charge in [-0.05, 0) is 30.5 Å². The van der Waals surface area contributed by atoms with Crippen LogP contribution in [0.15, 0.2) is 34.2 Å². The van der Waals surface area contributed by atoms with Crippen LogP contribution in [-0.4, -0.2) is 12.6 Å². The van der Waals surface area contributed by atoms with Crippen LogP contribution in [0.5, 0.6) is 0 Å². The average molecular weight is 166 g/mol. The molecule has 0 fully saturated rings. The van der Waals surface area contributed by atoms with Crippen molar-refractivity contribution >= 4 is 23.8 Å². The van der Waals surface area contributed by atoms with Crippen LogP contribution < -0.4 is 5.73 Å². The lowest BCUT2D eigenvalue weighted by atomic mass is 10.3. The van der Waals surface area contributed by atoms with Crippen molar-refractivity contribution < 1.29 is 0 Å². The molecule has 1 rings (SSSR count). The van der Waals surface area contributed by atoms with E-state index in [1.807, 2.05) is 30.5 Å². The van der Waals surface area contributed by atoms with Crippen LogP contribution in [0.1, 0.15) is 0 Å². The van der Waals surface area contributed by atoms with Gasteiger partial charge in [0.2, 0.25) is 0 Å². The summed E-state index contributed by atoms with van der Waals surface area (Å²) in [5, 5.41) is 0. The van der Waals surface area contributed by atoms with Gasteiger partial charge in [-0.1, -0.05) is 0 Å². The normalized spacial score (nSPS) is 10.6. The monoisotopic (exact) mass is 166 g/mol. The fourth-order valence-electron chi connectivity index (χ4n) is 0.754. The lowest BCUT2D eigenvalue weighted by Crippen LogP contribution is -1.85. The molecule has 0 spiro atoms. The predicted octanol–water partition coefficient (Wildman–Crippen LogP) is 2.03. The minimum absolute atomic E-state index is 0.894. The first-order valence-corrected chi connectivity index (χ1v) is 4.47. The molecule has 0 saturated carbocycles. The number of aliphatic imine (C=N–C) groups is 1. The van der Waals surface area contributed by atoms with Crippen molar-refractivity contribution in [3.8, 4) is 0 Å². The zero-order valence-electron chi connectivity index (χ0n) is 6.32. The van der Waals surface area contributed by atoms with Gasteiger partial charge in [-0.2, -0.15) is 0 Å². The van der Waals surface area contributed by atoms with Crippen LogP contribution in [0.3, 0.4) is 0 Å². The quantitative estimate of drug-likeness (QED) is 0.414. The van der Waals surface area contributed by atoms with Crippen molar-refractivity contribution in [2.75, 3.05) is 6.26 Å². The first-order valence-electron chi connectivity index (χ1n) is 3.25. The Morgan fingerprint density at radius 3 is 2.45 bits per heavy atom. The molecule has 2 N–H and O–H groups in total. The van der Waals surface area contributed by atoms with Crippen LogP contribution in [0.4, 0.5) is 5.69 Å². The standard InChI is InChI=1S/C8H10N2S/c1-11-8-4-2-7(3-5-8)10-6-9/h2-6H,1H3,(H2,9,10). The highest BCUT2D eigenvalue weighted by Crippen LogP contribution is 2.18. The Labute approximate surface area is 70.5 Å². The predicted molar refractivity (Wildman–Crippen MR) is 50.6 cm³/mol. The molecule has 0 amide bonds. The molecule has 0 saturated heterocycles. The average Bonchev–Trinajstić information content (AvgIpc) is 2.07. The van der Waals surface area contributed by atoms with Crippen LogP contribution in [0, 0.1) is 0 Å². The first-order chi connectivity index (χ1) is 5.36. The molecular weight excluding hydrogens is 156 g/mol. The summed E-state index contributed by atoms with van der Waals surface area (Å²) >= 11 is 1.71. The molecule has 0 aliphatic rings. The van der Waals surface area contributed by atoms with Crippen molar-refractivity contribution in [3.63, 3.8) is 0 Å². The summed E-state index contributed by atoms with van der Waals surface area (Å²) in [4.78, 5) is 5.16. The van der Waals surface area contributed by atoms with Gasteiger partial charge in [0, 0.05) is 4.90 Å². The maximum absolute atomic E-state index is 5.13. The zero-order chi connectivity index (χ0) is 8.10. The molecule has 0 heterocycles. The molecule has 0 radical (unpaired) electrons. The van der Waals surface area contributed by atoms with Gasteiger partial charge >= 0.3 is 0 Å². The third kappa shape index (κ3) is 2.27. The number of rotatable bonds is 2. The molecule has 0 aromatic heterocycles. The Kier molecular flexibility index (Phi) is 2.98. The maximum atomic E-state index is 5.13. The summed E-state index contributed by atoms with van der Waals surface area (Å²) in [5.41, 5.74) is 6.03. The van der Waals surface area contributed by atoms with Crippen LogP contribution in [0.2, 0.25) is 0 Å². The highest BCUT2D eigenvalue weighted by molar-refractivity contribution is 7.98. The highest BCUT2D eigenvalue weighted by atomic mass is 32.2. The third-order valence-electron chi connectivity index (χ3n) is 1.30. The van der Waals surface area contributed by atoms with Crippen LogP contribution in [0.25, 0.3) is 0 Å². The van der Waals surface area contributed by atoms with E-state index in [1.165, 1.54) is 11.2 Å². The highest BCUT2D eigenvalue weighted by Gasteiger charge is 1.88. The number of hydrogen-bond donors (Lipinski definition) is 1. The lowest BCUT2D eigenvalue weighted by molar-refractivity contribution is 1.42. The van der Waals surface area contributed by atoms with Gasteiger partial charge in [-0.25, -0.2) is 4.99 Å². The summed E-state index contributed by atoms with van der Waals surface area (Å²) < 4.78 is 0. The molecule has 1 aromatic carbocycles. The molecule has 3 heteroatoms. The van der Waals surface area contributed by atoms with Gasteiger partial charge in [0.1, 0.15) is 0 Å². The van der Waals surface area contributed by atoms with E-state index in [0.717, 1.165) is 5.69 Å². The zero-order valence-corrected chi connectivity index (χ0v) is 7.14. The maximum Gasteiger partial charge on any atom is 0.0860 e. The first kappa shape index (κ1) is 8.14. The van der Waals surface area contributed by atoms with Gasteiger partial charge in [-0.3, -0.25) is 0 Å². The smallest absolute Gasteiger partial charge is 0.0860 e. The third-order valence-corrected chi connectivity index (χ3v) is 2.04. The Balaban J connectivity index is 2.82. The van der Waals surface area contributed by atoms with Crippen molar-refractivity contribution in [2.24, 2.45) is 10.7 Å². The topological polar surface area (TPSA) is 38.4 Å². The molecule has 0 aliphatic carbocycles. The largest absolute Gasteiger partial charge is 0.390 e. The second kappa shape index (κ2) is 4.03. The van der Waals surface area contributed by atoms with Gasteiger partial charge in [0.15, 0.2) is 0 Å². The van der Waals surface area contributed by atoms with Crippen molar-refractivity contribution in [2.45, 2.75) is 4.90 Å². The lowest BCUT2D eigenvalue weighted by Gasteiger charge is -1.95. The molecule has 1 aromatic rings. The van der Waals surface area contributed by atoms with E-state index >= 15 is 0 Å². The number of thioether (sulfide) groups is 1. The second-order valence-corrected chi connectivity index (χ2v) is 2.86. The van der Waals surface area contributed by atoms with E-state index in [9.17, 15) is 0 Å². The van der Waals surface area contributed by atoms with E-state index in [4.69, 9.17) is 5.73 Å². The summed E-state index contributed by atoms with van der Waals surface area (Å²) in [5.74, 6) is 0. The van der Waals surface area contributed by atoms with E-state index in [0.29, 0.717) is 0 Å². The van der Waals surface area contributed by atoms with Crippen molar-refractivity contribution in [1.29, 1.82) is 0 Å². The fourth-order valence-corrected chi connectivity index (χ4v) is 1.16.